The maximum atomic E-state index is 14.6. The molecule has 1 fully saturated rings. The molecule has 0 aliphatic heterocycles. The molecule has 10 heteroatoms. The zero-order valence-electron chi connectivity index (χ0n) is 20.2. The molecule has 0 atom stereocenters. The number of nitrogens with zero attached hydrogens (tertiary/aromatic N) is 3. The highest BCUT2D eigenvalue weighted by Gasteiger charge is 2.23. The predicted octanol–water partition coefficient (Wildman–Crippen LogP) is 5.53. The molecule has 0 radical (unpaired) electrons. The van der Waals surface area contributed by atoms with E-state index >= 15 is 0 Å². The largest absolute Gasteiger partial charge is 0.351 e. The van der Waals surface area contributed by atoms with Gasteiger partial charge in [0.2, 0.25) is 5.95 Å². The summed E-state index contributed by atoms with van der Waals surface area (Å²) in [6, 6.07) is 11.2. The molecule has 1 aromatic heterocycles. The van der Waals surface area contributed by atoms with E-state index in [-0.39, 0.29) is 15.6 Å². The number of rotatable bonds is 8. The number of anilines is 2. The Labute approximate surface area is 216 Å². The Balaban J connectivity index is 1.36. The van der Waals surface area contributed by atoms with Crippen molar-refractivity contribution >= 4 is 45.4 Å². The molecule has 1 heterocycles. The summed E-state index contributed by atoms with van der Waals surface area (Å²) in [5.74, 6) is -0.103. The fraction of sp³-hybridized carbons (Fsp3) is 0.308. The molecule has 2 N–H and O–H groups in total. The molecule has 0 spiro atoms. The lowest BCUT2D eigenvalue weighted by Gasteiger charge is -2.32. The quantitative estimate of drug-likeness (QED) is 0.399. The highest BCUT2D eigenvalue weighted by molar-refractivity contribution is 7.92. The van der Waals surface area contributed by atoms with Crippen molar-refractivity contribution in [2.75, 3.05) is 24.1 Å². The monoisotopic (exact) mass is 529 g/mol. The standard InChI is InChI=1S/C26H29ClFN5O2S/c1-33(2)21-12-10-20(11-13-21)31-26-29-16-19(17-30-26)8-7-18-9-14-24(23(28)15-18)32-36(34,35)25-6-4-3-5-22(25)27/h3-9,14-17,20-21,32H,10-13H2,1-2H3,(H,29,30,31)/b8-7+/t20-,21-. The number of hydrogen-bond acceptors (Lipinski definition) is 6. The summed E-state index contributed by atoms with van der Waals surface area (Å²) in [7, 11) is 0.230. The van der Waals surface area contributed by atoms with Gasteiger partial charge in [0.1, 0.15) is 10.7 Å². The van der Waals surface area contributed by atoms with Crippen molar-refractivity contribution in [2.45, 2.75) is 42.7 Å². The molecule has 1 aliphatic carbocycles. The normalized spacial score (nSPS) is 18.5. The molecule has 3 aromatic rings. The van der Waals surface area contributed by atoms with E-state index in [4.69, 9.17) is 11.6 Å². The third kappa shape index (κ3) is 6.60. The summed E-state index contributed by atoms with van der Waals surface area (Å²) in [6.07, 6.45) is 11.4. The lowest BCUT2D eigenvalue weighted by Crippen LogP contribution is -2.36. The first-order chi connectivity index (χ1) is 17.2. The van der Waals surface area contributed by atoms with Crippen LogP contribution in [0.1, 0.15) is 36.8 Å². The molecule has 7 nitrogen and oxygen atoms in total. The molecule has 1 saturated carbocycles. The zero-order chi connectivity index (χ0) is 25.7. The third-order valence-corrected chi connectivity index (χ3v) is 8.13. The van der Waals surface area contributed by atoms with Crippen LogP contribution in [0.25, 0.3) is 12.2 Å². The summed E-state index contributed by atoms with van der Waals surface area (Å²) in [4.78, 5) is 11.0. The number of hydrogen-bond donors (Lipinski definition) is 2. The molecule has 190 valence electrons. The Morgan fingerprint density at radius 3 is 2.31 bits per heavy atom. The van der Waals surface area contributed by atoms with Gasteiger partial charge in [0.15, 0.2) is 0 Å². The van der Waals surface area contributed by atoms with Gasteiger partial charge in [-0.1, -0.05) is 42.0 Å². The van der Waals surface area contributed by atoms with Crippen molar-refractivity contribution in [3.63, 3.8) is 0 Å². The van der Waals surface area contributed by atoms with E-state index in [1.54, 1.807) is 42.7 Å². The van der Waals surface area contributed by atoms with Crippen molar-refractivity contribution in [1.29, 1.82) is 0 Å². The first kappa shape index (κ1) is 26.1. The number of aromatic nitrogens is 2. The summed E-state index contributed by atoms with van der Waals surface area (Å²) in [5, 5.41) is 3.47. The first-order valence-electron chi connectivity index (χ1n) is 11.7. The van der Waals surface area contributed by atoms with Crippen LogP contribution in [-0.4, -0.2) is 49.5 Å². The fourth-order valence-corrected chi connectivity index (χ4v) is 5.78. The van der Waals surface area contributed by atoms with E-state index in [2.05, 4.69) is 39.0 Å². The van der Waals surface area contributed by atoms with Crippen LogP contribution in [0, 0.1) is 5.82 Å². The molecule has 0 bridgehead atoms. The van der Waals surface area contributed by atoms with E-state index in [0.717, 1.165) is 31.2 Å². The van der Waals surface area contributed by atoms with Gasteiger partial charge < -0.3 is 10.2 Å². The average molecular weight is 530 g/mol. The molecule has 2 aromatic carbocycles. The molecule has 0 unspecified atom stereocenters. The van der Waals surface area contributed by atoms with Gasteiger partial charge in [0.05, 0.1) is 10.7 Å². The van der Waals surface area contributed by atoms with Crippen LogP contribution in [0.15, 0.2) is 59.8 Å². The first-order valence-corrected chi connectivity index (χ1v) is 13.6. The van der Waals surface area contributed by atoms with Gasteiger partial charge in [-0.2, -0.15) is 0 Å². The Kier molecular flexibility index (Phi) is 8.23. The van der Waals surface area contributed by atoms with Gasteiger partial charge in [-0.25, -0.2) is 22.8 Å². The van der Waals surface area contributed by atoms with Crippen LogP contribution in [-0.2, 0) is 10.0 Å². The Morgan fingerprint density at radius 1 is 1.00 bits per heavy atom. The smallest absolute Gasteiger partial charge is 0.263 e. The van der Waals surface area contributed by atoms with Crippen molar-refractivity contribution in [3.05, 3.63) is 76.8 Å². The number of sulfonamides is 1. The van der Waals surface area contributed by atoms with Gasteiger partial charge in [-0.15, -0.1) is 0 Å². The van der Waals surface area contributed by atoms with E-state index in [9.17, 15) is 12.8 Å². The van der Waals surface area contributed by atoms with Crippen LogP contribution in [0.5, 0.6) is 0 Å². The van der Waals surface area contributed by atoms with E-state index in [1.165, 1.54) is 24.3 Å². The summed E-state index contributed by atoms with van der Waals surface area (Å²) in [5.41, 5.74) is 1.17. The second kappa shape index (κ2) is 11.4. The third-order valence-electron chi connectivity index (χ3n) is 6.26. The van der Waals surface area contributed by atoms with Crippen LogP contribution in [0.3, 0.4) is 0 Å². The average Bonchev–Trinajstić information content (AvgIpc) is 2.85. The molecular weight excluding hydrogens is 501 g/mol. The Morgan fingerprint density at radius 2 is 1.67 bits per heavy atom. The molecule has 1 aliphatic rings. The minimum absolute atomic E-state index is 0.0603. The Hall–Kier alpha value is -3.01. The van der Waals surface area contributed by atoms with Gasteiger partial charge >= 0.3 is 0 Å². The lowest BCUT2D eigenvalue weighted by molar-refractivity contribution is 0.221. The van der Waals surface area contributed by atoms with Gasteiger partial charge in [-0.3, -0.25) is 4.72 Å². The lowest BCUT2D eigenvalue weighted by atomic mass is 9.91. The summed E-state index contributed by atoms with van der Waals surface area (Å²) >= 11 is 5.98. The minimum atomic E-state index is -4.02. The van der Waals surface area contributed by atoms with Crippen LogP contribution in [0.4, 0.5) is 16.0 Å². The van der Waals surface area contributed by atoms with E-state index in [1.807, 2.05) is 0 Å². The number of benzene rings is 2. The van der Waals surface area contributed by atoms with E-state index < -0.39 is 15.8 Å². The maximum Gasteiger partial charge on any atom is 0.263 e. The highest BCUT2D eigenvalue weighted by atomic mass is 35.5. The van der Waals surface area contributed by atoms with Crippen molar-refractivity contribution in [3.8, 4) is 0 Å². The summed E-state index contributed by atoms with van der Waals surface area (Å²) < 4.78 is 42.0. The molecule has 0 saturated heterocycles. The molecule has 0 amide bonds. The fourth-order valence-electron chi connectivity index (χ4n) is 4.19. The maximum absolute atomic E-state index is 14.6. The minimum Gasteiger partial charge on any atom is -0.351 e. The van der Waals surface area contributed by atoms with Crippen LogP contribution >= 0.6 is 11.6 Å². The van der Waals surface area contributed by atoms with Gasteiger partial charge in [-0.05, 0) is 69.6 Å². The number of halogens is 2. The summed E-state index contributed by atoms with van der Waals surface area (Å²) in [6.45, 7) is 0. The number of nitrogens with one attached hydrogen (secondary N) is 2. The topological polar surface area (TPSA) is 87.2 Å². The predicted molar refractivity (Wildman–Crippen MR) is 143 cm³/mol. The molecule has 4 rings (SSSR count). The van der Waals surface area contributed by atoms with Gasteiger partial charge in [0.25, 0.3) is 10.0 Å². The van der Waals surface area contributed by atoms with Crippen LogP contribution in [0.2, 0.25) is 5.02 Å². The SMILES string of the molecule is CN(C)[C@H]1CC[C@H](Nc2ncc(/C=C/c3ccc(NS(=O)(=O)c4ccccc4Cl)c(F)c3)cn2)CC1. The zero-order valence-corrected chi connectivity index (χ0v) is 21.7. The Bertz CT molecular complexity index is 1320. The van der Waals surface area contributed by atoms with Gasteiger partial charge in [0, 0.05) is 30.0 Å². The van der Waals surface area contributed by atoms with Crippen molar-refractivity contribution in [2.24, 2.45) is 0 Å². The van der Waals surface area contributed by atoms with Crippen LogP contribution < -0.4 is 10.0 Å². The van der Waals surface area contributed by atoms with Crippen molar-refractivity contribution < 1.29 is 12.8 Å². The molecule has 36 heavy (non-hydrogen) atoms. The molecular formula is C26H29ClFN5O2S. The second-order valence-corrected chi connectivity index (χ2v) is 11.1. The van der Waals surface area contributed by atoms with E-state index in [0.29, 0.717) is 23.6 Å². The highest BCUT2D eigenvalue weighted by Crippen LogP contribution is 2.26. The second-order valence-electron chi connectivity index (χ2n) is 9.06. The van der Waals surface area contributed by atoms with Crippen molar-refractivity contribution in [1.82, 2.24) is 14.9 Å².